The van der Waals surface area contributed by atoms with E-state index in [9.17, 15) is 4.39 Å². The normalized spacial score (nSPS) is 21.1. The molecule has 106 valence electrons. The fraction of sp³-hybridized carbons (Fsp3) is 0.500. The van der Waals surface area contributed by atoms with E-state index in [-0.39, 0.29) is 6.04 Å². The quantitative estimate of drug-likeness (QED) is 0.770. The third-order valence-corrected chi connectivity index (χ3v) is 3.90. The van der Waals surface area contributed by atoms with E-state index >= 15 is 0 Å². The number of rotatable bonds is 5. The molecule has 2 heterocycles. The first-order chi connectivity index (χ1) is 9.79. The minimum absolute atomic E-state index is 0.00590. The van der Waals surface area contributed by atoms with Crippen molar-refractivity contribution in [3.8, 4) is 0 Å². The van der Waals surface area contributed by atoms with Crippen LogP contribution in [-0.4, -0.2) is 14.8 Å². The van der Waals surface area contributed by atoms with Gasteiger partial charge in [-0.05, 0) is 12.0 Å². The highest BCUT2D eigenvalue weighted by Crippen LogP contribution is 2.39. The minimum Gasteiger partial charge on any atom is -0.239 e. The third-order valence-electron chi connectivity index (χ3n) is 3.90. The molecule has 0 saturated carbocycles. The van der Waals surface area contributed by atoms with Crippen LogP contribution in [0.4, 0.5) is 4.39 Å². The van der Waals surface area contributed by atoms with Crippen LogP contribution in [0.15, 0.2) is 30.3 Å². The minimum atomic E-state index is -0.993. The predicted molar refractivity (Wildman–Crippen MR) is 76.3 cm³/mol. The molecule has 0 amide bonds. The SMILES string of the molecule is CCCCCc1nc2n(n1)C(c1ccccc1)CC2F. The van der Waals surface area contributed by atoms with Crippen molar-refractivity contribution in [1.82, 2.24) is 14.8 Å². The second-order valence-electron chi connectivity index (χ2n) is 5.42. The van der Waals surface area contributed by atoms with Crippen molar-refractivity contribution in [2.24, 2.45) is 0 Å². The van der Waals surface area contributed by atoms with Crippen LogP contribution in [0.3, 0.4) is 0 Å². The number of hydrogen-bond donors (Lipinski definition) is 0. The van der Waals surface area contributed by atoms with Crippen LogP contribution < -0.4 is 0 Å². The second kappa shape index (κ2) is 5.73. The largest absolute Gasteiger partial charge is 0.239 e. The maximum absolute atomic E-state index is 14.1. The van der Waals surface area contributed by atoms with Crippen molar-refractivity contribution in [3.05, 3.63) is 47.5 Å². The molecule has 1 aromatic carbocycles. The summed E-state index contributed by atoms with van der Waals surface area (Å²) in [5.74, 6) is 1.29. The fourth-order valence-electron chi connectivity index (χ4n) is 2.82. The molecule has 20 heavy (non-hydrogen) atoms. The fourth-order valence-corrected chi connectivity index (χ4v) is 2.82. The average molecular weight is 273 g/mol. The molecule has 0 N–H and O–H groups in total. The van der Waals surface area contributed by atoms with Gasteiger partial charge in [0, 0.05) is 12.8 Å². The van der Waals surface area contributed by atoms with E-state index < -0.39 is 6.17 Å². The van der Waals surface area contributed by atoms with Gasteiger partial charge in [0.1, 0.15) is 0 Å². The molecule has 0 aliphatic carbocycles. The summed E-state index contributed by atoms with van der Waals surface area (Å²) in [4.78, 5) is 4.40. The number of aryl methyl sites for hydroxylation is 1. The molecule has 0 radical (unpaired) electrons. The maximum Gasteiger partial charge on any atom is 0.162 e. The van der Waals surface area contributed by atoms with Crippen molar-refractivity contribution in [1.29, 1.82) is 0 Å². The van der Waals surface area contributed by atoms with Gasteiger partial charge in [-0.15, -0.1) is 0 Å². The summed E-state index contributed by atoms with van der Waals surface area (Å²) in [6, 6.07) is 10.0. The highest BCUT2D eigenvalue weighted by molar-refractivity contribution is 5.23. The van der Waals surface area contributed by atoms with E-state index in [1.807, 2.05) is 30.3 Å². The lowest BCUT2D eigenvalue weighted by atomic mass is 10.0. The van der Waals surface area contributed by atoms with E-state index in [0.29, 0.717) is 12.2 Å². The highest BCUT2D eigenvalue weighted by Gasteiger charge is 2.35. The van der Waals surface area contributed by atoms with Gasteiger partial charge in [-0.3, -0.25) is 0 Å². The molecule has 0 fully saturated rings. The Morgan fingerprint density at radius 1 is 1.25 bits per heavy atom. The van der Waals surface area contributed by atoms with Gasteiger partial charge in [0.15, 0.2) is 17.8 Å². The molecule has 4 heteroatoms. The number of fused-ring (bicyclic) bond motifs is 1. The van der Waals surface area contributed by atoms with Crippen LogP contribution in [0.5, 0.6) is 0 Å². The van der Waals surface area contributed by atoms with Gasteiger partial charge in [0.05, 0.1) is 6.04 Å². The van der Waals surface area contributed by atoms with E-state index in [4.69, 9.17) is 0 Å². The lowest BCUT2D eigenvalue weighted by Gasteiger charge is -2.11. The average Bonchev–Trinajstić information content (AvgIpc) is 3.01. The number of benzene rings is 1. The van der Waals surface area contributed by atoms with Crippen LogP contribution in [-0.2, 0) is 6.42 Å². The lowest BCUT2D eigenvalue weighted by molar-refractivity contribution is 0.328. The van der Waals surface area contributed by atoms with Gasteiger partial charge >= 0.3 is 0 Å². The van der Waals surface area contributed by atoms with Gasteiger partial charge in [-0.2, -0.15) is 5.10 Å². The number of alkyl halides is 1. The first kappa shape index (κ1) is 13.3. The summed E-state index contributed by atoms with van der Waals surface area (Å²) >= 11 is 0. The zero-order chi connectivity index (χ0) is 13.9. The van der Waals surface area contributed by atoms with Crippen molar-refractivity contribution in [2.45, 2.75) is 51.2 Å². The molecular formula is C16H20FN3. The number of aromatic nitrogens is 3. The van der Waals surface area contributed by atoms with Gasteiger partial charge in [0.25, 0.3) is 0 Å². The smallest absolute Gasteiger partial charge is 0.162 e. The van der Waals surface area contributed by atoms with Crippen LogP contribution >= 0.6 is 0 Å². The van der Waals surface area contributed by atoms with E-state index in [1.54, 1.807) is 4.68 Å². The topological polar surface area (TPSA) is 30.7 Å². The number of halogens is 1. The first-order valence-electron chi connectivity index (χ1n) is 7.44. The van der Waals surface area contributed by atoms with Gasteiger partial charge in [-0.25, -0.2) is 14.1 Å². The Morgan fingerprint density at radius 2 is 2.05 bits per heavy atom. The van der Waals surface area contributed by atoms with Crippen molar-refractivity contribution in [3.63, 3.8) is 0 Å². The van der Waals surface area contributed by atoms with Crippen LogP contribution in [0, 0.1) is 0 Å². The van der Waals surface area contributed by atoms with E-state index in [2.05, 4.69) is 17.0 Å². The Kier molecular flexibility index (Phi) is 3.81. The van der Waals surface area contributed by atoms with Gasteiger partial charge < -0.3 is 0 Å². The molecule has 0 bridgehead atoms. The van der Waals surface area contributed by atoms with Gasteiger partial charge in [-0.1, -0.05) is 50.1 Å². The monoisotopic (exact) mass is 273 g/mol. The zero-order valence-corrected chi connectivity index (χ0v) is 11.8. The molecule has 2 unspecified atom stereocenters. The molecule has 0 spiro atoms. The van der Waals surface area contributed by atoms with Gasteiger partial charge in [0.2, 0.25) is 0 Å². The first-order valence-corrected chi connectivity index (χ1v) is 7.44. The Labute approximate surface area is 118 Å². The Balaban J connectivity index is 1.82. The van der Waals surface area contributed by atoms with E-state index in [1.165, 1.54) is 12.8 Å². The number of unbranched alkanes of at least 4 members (excludes halogenated alkanes) is 2. The Hall–Kier alpha value is -1.71. The summed E-state index contributed by atoms with van der Waals surface area (Å²) in [6.07, 6.45) is 3.73. The van der Waals surface area contributed by atoms with Crippen molar-refractivity contribution < 1.29 is 4.39 Å². The summed E-state index contributed by atoms with van der Waals surface area (Å²) in [5.41, 5.74) is 1.11. The van der Waals surface area contributed by atoms with Crippen LogP contribution in [0.2, 0.25) is 0 Å². The van der Waals surface area contributed by atoms with Crippen LogP contribution in [0.1, 0.15) is 62.0 Å². The highest BCUT2D eigenvalue weighted by atomic mass is 19.1. The molecule has 2 aromatic rings. The zero-order valence-electron chi connectivity index (χ0n) is 11.8. The molecule has 3 nitrogen and oxygen atoms in total. The van der Waals surface area contributed by atoms with Crippen LogP contribution in [0.25, 0.3) is 0 Å². The van der Waals surface area contributed by atoms with Crippen molar-refractivity contribution in [2.75, 3.05) is 0 Å². The molecule has 2 atom stereocenters. The number of nitrogens with zero attached hydrogens (tertiary/aromatic N) is 3. The molecule has 1 aliphatic heterocycles. The Morgan fingerprint density at radius 3 is 2.80 bits per heavy atom. The maximum atomic E-state index is 14.1. The third kappa shape index (κ3) is 2.47. The molecule has 1 aliphatic rings. The molecule has 1 aromatic heterocycles. The van der Waals surface area contributed by atoms with E-state index in [0.717, 1.165) is 24.2 Å². The Bertz CT molecular complexity index is 564. The summed E-state index contributed by atoms with van der Waals surface area (Å²) < 4.78 is 15.9. The standard InChI is InChI=1S/C16H20FN3/c1-2-3-5-10-15-18-16-13(17)11-14(20(16)19-15)12-8-6-4-7-9-12/h4,6-9,13-14H,2-3,5,10-11H2,1H3. The van der Waals surface area contributed by atoms with Crippen molar-refractivity contribution >= 4 is 0 Å². The summed E-state index contributed by atoms with van der Waals surface area (Å²) in [6.45, 7) is 2.17. The molecule has 0 saturated heterocycles. The predicted octanol–water partition coefficient (Wildman–Crippen LogP) is 4.01. The second-order valence-corrected chi connectivity index (χ2v) is 5.42. The lowest BCUT2D eigenvalue weighted by Crippen LogP contribution is -2.07. The number of hydrogen-bond acceptors (Lipinski definition) is 2. The summed E-state index contributed by atoms with van der Waals surface area (Å²) in [7, 11) is 0. The molecular weight excluding hydrogens is 253 g/mol. The summed E-state index contributed by atoms with van der Waals surface area (Å²) in [5, 5.41) is 4.54. The molecule has 3 rings (SSSR count).